The van der Waals surface area contributed by atoms with Gasteiger partial charge in [-0.05, 0) is 49.2 Å². The highest BCUT2D eigenvalue weighted by Gasteiger charge is 2.18. The third kappa shape index (κ3) is 3.39. The van der Waals surface area contributed by atoms with Crippen LogP contribution in [0, 0.1) is 0 Å². The van der Waals surface area contributed by atoms with Crippen molar-refractivity contribution in [2.24, 2.45) is 0 Å². The highest BCUT2D eigenvalue weighted by molar-refractivity contribution is 7.92. The van der Waals surface area contributed by atoms with Gasteiger partial charge in [0.1, 0.15) is 0 Å². The Balaban J connectivity index is 2.36. The lowest BCUT2D eigenvalue weighted by Crippen LogP contribution is -2.13. The molecule has 0 aliphatic carbocycles. The lowest BCUT2D eigenvalue weighted by molar-refractivity contribution is 0.587. The Labute approximate surface area is 131 Å². The molecule has 0 unspecified atom stereocenters. The van der Waals surface area contributed by atoms with Gasteiger partial charge >= 0.3 is 0 Å². The molecule has 0 atom stereocenters. The van der Waals surface area contributed by atoms with Gasteiger partial charge < -0.3 is 0 Å². The van der Waals surface area contributed by atoms with E-state index in [1.165, 1.54) is 0 Å². The van der Waals surface area contributed by atoms with Crippen LogP contribution in [0.1, 0.15) is 13.8 Å². The summed E-state index contributed by atoms with van der Waals surface area (Å²) >= 11 is 0. The van der Waals surface area contributed by atoms with Gasteiger partial charge in [-0.2, -0.15) is 0 Å². The molecule has 0 saturated carbocycles. The Hall–Kier alpha value is -1.66. The van der Waals surface area contributed by atoms with Crippen molar-refractivity contribution in [3.63, 3.8) is 0 Å². The highest BCUT2D eigenvalue weighted by Crippen LogP contribution is 2.24. The molecule has 0 aromatic heterocycles. The Bertz CT molecular complexity index is 861. The maximum Gasteiger partial charge on any atom is 0.180 e. The van der Waals surface area contributed by atoms with Crippen LogP contribution >= 0.6 is 0 Å². The van der Waals surface area contributed by atoms with Gasteiger partial charge in [-0.15, -0.1) is 0 Å². The third-order valence-electron chi connectivity index (χ3n) is 3.42. The van der Waals surface area contributed by atoms with E-state index in [4.69, 9.17) is 0 Å². The molecule has 2 rings (SSSR count). The van der Waals surface area contributed by atoms with Gasteiger partial charge in [0, 0.05) is 6.26 Å². The quantitative estimate of drug-likeness (QED) is 0.859. The standard InChI is InChI=1S/C16H18O4S2/c1-12(2)22(19,20)16-10-6-14(7-11-16)13-4-8-15(9-5-13)21(3,17)18/h4-12H,1-3H3. The molecule has 118 valence electrons. The van der Waals surface area contributed by atoms with E-state index in [-0.39, 0.29) is 4.90 Å². The van der Waals surface area contributed by atoms with Gasteiger partial charge in [0.05, 0.1) is 15.0 Å². The molecule has 0 bridgehead atoms. The number of sulfone groups is 2. The fraction of sp³-hybridized carbons (Fsp3) is 0.250. The summed E-state index contributed by atoms with van der Waals surface area (Å²) in [4.78, 5) is 0.550. The molecule has 0 saturated heterocycles. The average Bonchev–Trinajstić information content (AvgIpc) is 2.46. The van der Waals surface area contributed by atoms with E-state index in [2.05, 4.69) is 0 Å². The van der Waals surface area contributed by atoms with Crippen molar-refractivity contribution in [3.8, 4) is 11.1 Å². The Morgan fingerprint density at radius 3 is 1.36 bits per heavy atom. The number of benzene rings is 2. The first kappa shape index (κ1) is 16.7. The molecule has 0 radical (unpaired) electrons. The van der Waals surface area contributed by atoms with Gasteiger partial charge in [-0.25, -0.2) is 16.8 Å². The maximum absolute atomic E-state index is 12.1. The van der Waals surface area contributed by atoms with Crippen LogP contribution in [0.3, 0.4) is 0 Å². The molecule has 0 fully saturated rings. The number of hydrogen-bond donors (Lipinski definition) is 0. The second kappa shape index (κ2) is 5.85. The van der Waals surface area contributed by atoms with Crippen LogP contribution in [-0.4, -0.2) is 28.3 Å². The van der Waals surface area contributed by atoms with Crippen molar-refractivity contribution in [3.05, 3.63) is 48.5 Å². The molecular weight excluding hydrogens is 320 g/mol. The summed E-state index contributed by atoms with van der Waals surface area (Å²) in [6, 6.07) is 13.1. The van der Waals surface area contributed by atoms with Crippen LogP contribution in [0.25, 0.3) is 11.1 Å². The van der Waals surface area contributed by atoms with Gasteiger partial charge in [0.2, 0.25) is 0 Å². The SMILES string of the molecule is CC(C)S(=O)(=O)c1ccc(-c2ccc(S(C)(=O)=O)cc2)cc1. The van der Waals surface area contributed by atoms with Crippen molar-refractivity contribution in [2.75, 3.05) is 6.26 Å². The maximum atomic E-state index is 12.1. The predicted molar refractivity (Wildman–Crippen MR) is 87.3 cm³/mol. The molecular formula is C16H18O4S2. The Morgan fingerprint density at radius 1 is 0.682 bits per heavy atom. The first-order valence-electron chi connectivity index (χ1n) is 6.77. The lowest BCUT2D eigenvalue weighted by atomic mass is 10.1. The Morgan fingerprint density at radius 2 is 1.05 bits per heavy atom. The van der Waals surface area contributed by atoms with Crippen molar-refractivity contribution < 1.29 is 16.8 Å². The summed E-state index contributed by atoms with van der Waals surface area (Å²) < 4.78 is 47.0. The fourth-order valence-corrected chi connectivity index (χ4v) is 3.69. The van der Waals surface area contributed by atoms with E-state index in [1.807, 2.05) is 0 Å². The number of rotatable bonds is 4. The largest absolute Gasteiger partial charge is 0.224 e. The smallest absolute Gasteiger partial charge is 0.180 e. The van der Waals surface area contributed by atoms with E-state index in [9.17, 15) is 16.8 Å². The zero-order valence-electron chi connectivity index (χ0n) is 12.6. The second-order valence-corrected chi connectivity index (χ2v) is 9.93. The monoisotopic (exact) mass is 338 g/mol. The average molecular weight is 338 g/mol. The summed E-state index contributed by atoms with van der Waals surface area (Å²) in [5.41, 5.74) is 1.67. The molecule has 0 aliphatic rings. The third-order valence-corrected chi connectivity index (χ3v) is 6.72. The van der Waals surface area contributed by atoms with E-state index >= 15 is 0 Å². The van der Waals surface area contributed by atoms with Crippen LogP contribution in [0.15, 0.2) is 58.3 Å². The minimum Gasteiger partial charge on any atom is -0.224 e. The van der Waals surface area contributed by atoms with Crippen molar-refractivity contribution >= 4 is 19.7 Å². The van der Waals surface area contributed by atoms with Gasteiger partial charge in [0.25, 0.3) is 0 Å². The van der Waals surface area contributed by atoms with E-state index in [0.717, 1.165) is 17.4 Å². The number of hydrogen-bond acceptors (Lipinski definition) is 4. The normalized spacial score (nSPS) is 12.5. The molecule has 6 heteroatoms. The molecule has 0 N–H and O–H groups in total. The molecule has 0 heterocycles. The van der Waals surface area contributed by atoms with Gasteiger partial charge in [-0.3, -0.25) is 0 Å². The summed E-state index contributed by atoms with van der Waals surface area (Å²) in [6.45, 7) is 3.29. The highest BCUT2D eigenvalue weighted by atomic mass is 32.2. The summed E-state index contributed by atoms with van der Waals surface area (Å²) in [5, 5.41) is -0.465. The molecule has 0 spiro atoms. The van der Waals surface area contributed by atoms with Crippen LogP contribution in [0.5, 0.6) is 0 Å². The van der Waals surface area contributed by atoms with Crippen molar-refractivity contribution in [1.82, 2.24) is 0 Å². The first-order chi connectivity index (χ1) is 10.1. The summed E-state index contributed by atoms with van der Waals surface area (Å²) in [5.74, 6) is 0. The summed E-state index contributed by atoms with van der Waals surface area (Å²) in [6.07, 6.45) is 1.16. The zero-order chi connectivity index (χ0) is 16.5. The first-order valence-corrected chi connectivity index (χ1v) is 10.2. The van der Waals surface area contributed by atoms with E-state index < -0.39 is 24.9 Å². The second-order valence-electron chi connectivity index (χ2n) is 5.41. The van der Waals surface area contributed by atoms with Crippen molar-refractivity contribution in [1.29, 1.82) is 0 Å². The van der Waals surface area contributed by atoms with Crippen LogP contribution in [-0.2, 0) is 19.7 Å². The van der Waals surface area contributed by atoms with E-state index in [1.54, 1.807) is 62.4 Å². The van der Waals surface area contributed by atoms with Crippen LogP contribution in [0.4, 0.5) is 0 Å². The van der Waals surface area contributed by atoms with Gasteiger partial charge in [-0.1, -0.05) is 24.3 Å². The molecule has 0 amide bonds. The molecule has 2 aromatic rings. The van der Waals surface area contributed by atoms with Crippen molar-refractivity contribution in [2.45, 2.75) is 28.9 Å². The van der Waals surface area contributed by atoms with Gasteiger partial charge in [0.15, 0.2) is 19.7 Å². The fourth-order valence-electron chi connectivity index (χ4n) is 2.00. The van der Waals surface area contributed by atoms with Crippen LogP contribution < -0.4 is 0 Å². The molecule has 4 nitrogen and oxygen atoms in total. The minimum absolute atomic E-state index is 0.259. The molecule has 22 heavy (non-hydrogen) atoms. The van der Waals surface area contributed by atoms with Crippen LogP contribution in [0.2, 0.25) is 0 Å². The predicted octanol–water partition coefficient (Wildman–Crippen LogP) is 2.94. The van der Waals surface area contributed by atoms with E-state index in [0.29, 0.717) is 4.90 Å². The molecule has 2 aromatic carbocycles. The molecule has 0 aliphatic heterocycles. The minimum atomic E-state index is -3.28. The Kier molecular flexibility index (Phi) is 4.44. The summed E-state index contributed by atoms with van der Waals surface area (Å²) in [7, 11) is -6.50. The lowest BCUT2D eigenvalue weighted by Gasteiger charge is -2.09. The topological polar surface area (TPSA) is 68.3 Å². The zero-order valence-corrected chi connectivity index (χ0v) is 14.3.